The standard InChI is InChI=1S/C7H8F2O2/c1-2-7(8,9)11-6-4-3-5-10-6/h1,6H,3-5H2. The molecule has 0 aromatic heterocycles. The zero-order chi connectivity index (χ0) is 8.32. The minimum atomic E-state index is -3.49. The van der Waals surface area contributed by atoms with Crippen LogP contribution >= 0.6 is 0 Å². The fourth-order valence-corrected chi connectivity index (χ4v) is 0.840. The van der Waals surface area contributed by atoms with Crippen LogP contribution in [0.25, 0.3) is 0 Å². The minimum Gasteiger partial charge on any atom is -0.352 e. The summed E-state index contributed by atoms with van der Waals surface area (Å²) in [5.41, 5.74) is 0. The number of ether oxygens (including phenoxy) is 2. The Kier molecular flexibility index (Phi) is 2.42. The topological polar surface area (TPSA) is 18.5 Å². The lowest BCUT2D eigenvalue weighted by Crippen LogP contribution is -2.25. The Morgan fingerprint density at radius 3 is 2.82 bits per heavy atom. The predicted molar refractivity (Wildman–Crippen MR) is 33.8 cm³/mol. The number of hydrogen-bond acceptors (Lipinski definition) is 2. The van der Waals surface area contributed by atoms with Crippen molar-refractivity contribution in [3.63, 3.8) is 0 Å². The van der Waals surface area contributed by atoms with Crippen molar-refractivity contribution in [1.82, 2.24) is 0 Å². The van der Waals surface area contributed by atoms with Gasteiger partial charge in [0.15, 0.2) is 6.29 Å². The van der Waals surface area contributed by atoms with Gasteiger partial charge in [-0.1, -0.05) is 0 Å². The van der Waals surface area contributed by atoms with Crippen LogP contribution in [-0.4, -0.2) is 19.0 Å². The molecule has 0 amide bonds. The molecule has 0 bridgehead atoms. The first-order valence-electron chi connectivity index (χ1n) is 3.29. The average molecular weight is 162 g/mol. The molecule has 4 heteroatoms. The predicted octanol–water partition coefficient (Wildman–Crippen LogP) is 1.37. The summed E-state index contributed by atoms with van der Waals surface area (Å²) in [6.45, 7) is 0.464. The van der Waals surface area contributed by atoms with E-state index in [0.717, 1.165) is 6.42 Å². The SMILES string of the molecule is C#CC(F)(F)OC1CCCO1. The molecule has 0 N–H and O–H groups in total. The van der Waals surface area contributed by atoms with Crippen LogP contribution in [0.3, 0.4) is 0 Å². The summed E-state index contributed by atoms with van der Waals surface area (Å²) < 4.78 is 33.5. The maximum atomic E-state index is 12.3. The second kappa shape index (κ2) is 3.16. The Morgan fingerprint density at radius 2 is 2.36 bits per heavy atom. The lowest BCUT2D eigenvalue weighted by molar-refractivity contribution is -0.273. The number of rotatable bonds is 2. The molecule has 0 aromatic carbocycles. The van der Waals surface area contributed by atoms with Crippen LogP contribution in [-0.2, 0) is 9.47 Å². The molecule has 1 saturated heterocycles. The molecule has 1 rings (SSSR count). The van der Waals surface area contributed by atoms with Gasteiger partial charge in [0.25, 0.3) is 0 Å². The van der Waals surface area contributed by atoms with Gasteiger partial charge in [0.2, 0.25) is 0 Å². The van der Waals surface area contributed by atoms with E-state index in [9.17, 15) is 8.78 Å². The largest absolute Gasteiger partial charge is 0.425 e. The highest BCUT2D eigenvalue weighted by atomic mass is 19.3. The Bertz CT molecular complexity index is 168. The van der Waals surface area contributed by atoms with Gasteiger partial charge in [-0.25, -0.2) is 0 Å². The molecule has 0 spiro atoms. The molecule has 11 heavy (non-hydrogen) atoms. The summed E-state index contributed by atoms with van der Waals surface area (Å²) >= 11 is 0. The Hall–Kier alpha value is -0.660. The quantitative estimate of drug-likeness (QED) is 0.571. The summed E-state index contributed by atoms with van der Waals surface area (Å²) in [4.78, 5) is 0. The van der Waals surface area contributed by atoms with Crippen LogP contribution in [0.2, 0.25) is 0 Å². The van der Waals surface area contributed by atoms with Gasteiger partial charge in [0, 0.05) is 18.9 Å². The zero-order valence-electron chi connectivity index (χ0n) is 5.85. The lowest BCUT2D eigenvalue weighted by atomic mass is 10.4. The lowest BCUT2D eigenvalue weighted by Gasteiger charge is -2.15. The van der Waals surface area contributed by atoms with Crippen molar-refractivity contribution < 1.29 is 18.3 Å². The van der Waals surface area contributed by atoms with Crippen LogP contribution in [0.5, 0.6) is 0 Å². The number of terminal acetylenes is 1. The van der Waals surface area contributed by atoms with Gasteiger partial charge in [-0.2, -0.15) is 8.78 Å². The van der Waals surface area contributed by atoms with Crippen molar-refractivity contribution in [1.29, 1.82) is 0 Å². The van der Waals surface area contributed by atoms with Crippen molar-refractivity contribution in [2.24, 2.45) is 0 Å². The Labute approximate surface area is 63.5 Å². The normalized spacial score (nSPS) is 25.0. The van der Waals surface area contributed by atoms with Crippen molar-refractivity contribution in [3.8, 4) is 12.3 Å². The second-order valence-corrected chi connectivity index (χ2v) is 2.22. The third kappa shape index (κ3) is 2.45. The maximum Gasteiger partial charge on any atom is 0.425 e. The molecule has 1 fully saturated rings. The van der Waals surface area contributed by atoms with Crippen LogP contribution in [0, 0.1) is 12.3 Å². The summed E-state index contributed by atoms with van der Waals surface area (Å²) in [6.07, 6.45) is 1.41. The number of hydrogen-bond donors (Lipinski definition) is 0. The molecule has 1 aliphatic rings. The Balaban J connectivity index is 2.35. The smallest absolute Gasteiger partial charge is 0.352 e. The van der Waals surface area contributed by atoms with E-state index in [1.165, 1.54) is 5.92 Å². The Morgan fingerprint density at radius 1 is 1.64 bits per heavy atom. The van der Waals surface area contributed by atoms with E-state index >= 15 is 0 Å². The minimum absolute atomic E-state index is 0.464. The first kappa shape index (κ1) is 8.44. The molecule has 1 aliphatic heterocycles. The fraction of sp³-hybridized carbons (Fsp3) is 0.714. The highest BCUT2D eigenvalue weighted by Gasteiger charge is 2.32. The van der Waals surface area contributed by atoms with Crippen LogP contribution in [0.15, 0.2) is 0 Å². The van der Waals surface area contributed by atoms with Gasteiger partial charge >= 0.3 is 6.11 Å². The van der Waals surface area contributed by atoms with E-state index in [2.05, 4.69) is 11.2 Å². The number of halogens is 2. The fourth-order valence-electron chi connectivity index (χ4n) is 0.840. The van der Waals surface area contributed by atoms with E-state index in [0.29, 0.717) is 13.0 Å². The molecule has 1 unspecified atom stereocenters. The van der Waals surface area contributed by atoms with Crippen LogP contribution < -0.4 is 0 Å². The molecule has 62 valence electrons. The molecule has 0 aliphatic carbocycles. The molecule has 0 saturated carbocycles. The van der Waals surface area contributed by atoms with E-state index < -0.39 is 12.4 Å². The molecule has 1 heterocycles. The van der Waals surface area contributed by atoms with Gasteiger partial charge in [0.05, 0.1) is 0 Å². The zero-order valence-corrected chi connectivity index (χ0v) is 5.85. The highest BCUT2D eigenvalue weighted by molar-refractivity contribution is 4.94. The first-order chi connectivity index (χ1) is 5.14. The molecular weight excluding hydrogens is 154 g/mol. The van der Waals surface area contributed by atoms with Crippen molar-refractivity contribution in [2.45, 2.75) is 25.2 Å². The third-order valence-electron chi connectivity index (χ3n) is 1.34. The molecule has 0 aromatic rings. The molecular formula is C7H8F2O2. The molecule has 0 radical (unpaired) electrons. The van der Waals surface area contributed by atoms with Gasteiger partial charge in [0.1, 0.15) is 0 Å². The summed E-state index contributed by atoms with van der Waals surface area (Å²) in [5.74, 6) is 1.23. The van der Waals surface area contributed by atoms with Gasteiger partial charge in [-0.05, 0) is 6.42 Å². The van der Waals surface area contributed by atoms with Gasteiger partial charge < -0.3 is 4.74 Å². The van der Waals surface area contributed by atoms with E-state index in [1.54, 1.807) is 0 Å². The van der Waals surface area contributed by atoms with E-state index in [4.69, 9.17) is 4.74 Å². The van der Waals surface area contributed by atoms with Gasteiger partial charge in [-0.15, -0.1) is 6.42 Å². The third-order valence-corrected chi connectivity index (χ3v) is 1.34. The van der Waals surface area contributed by atoms with Crippen molar-refractivity contribution in [3.05, 3.63) is 0 Å². The van der Waals surface area contributed by atoms with Gasteiger partial charge in [-0.3, -0.25) is 4.74 Å². The van der Waals surface area contributed by atoms with Crippen molar-refractivity contribution >= 4 is 0 Å². The number of alkyl halides is 2. The molecule has 1 atom stereocenters. The van der Waals surface area contributed by atoms with Crippen LogP contribution in [0.1, 0.15) is 12.8 Å². The van der Waals surface area contributed by atoms with Crippen molar-refractivity contribution in [2.75, 3.05) is 6.61 Å². The summed E-state index contributed by atoms with van der Waals surface area (Å²) in [7, 11) is 0. The van der Waals surface area contributed by atoms with Crippen LogP contribution in [0.4, 0.5) is 8.78 Å². The monoisotopic (exact) mass is 162 g/mol. The molecule has 2 nitrogen and oxygen atoms in total. The van der Waals surface area contributed by atoms with E-state index in [1.807, 2.05) is 0 Å². The highest BCUT2D eigenvalue weighted by Crippen LogP contribution is 2.22. The van der Waals surface area contributed by atoms with E-state index in [-0.39, 0.29) is 0 Å². The summed E-state index contributed by atoms with van der Waals surface area (Å²) in [5, 5.41) is 0. The first-order valence-corrected chi connectivity index (χ1v) is 3.29. The maximum absolute atomic E-state index is 12.3. The second-order valence-electron chi connectivity index (χ2n) is 2.22. The average Bonchev–Trinajstić information content (AvgIpc) is 2.39. The summed E-state index contributed by atoms with van der Waals surface area (Å²) in [6, 6.07) is 0.